The first-order chi connectivity index (χ1) is 11.7. The largest absolute Gasteiger partial charge is 0.383 e. The normalized spacial score (nSPS) is 24.2. The maximum absolute atomic E-state index is 12.3. The molecule has 0 unspecified atom stereocenters. The molecule has 0 radical (unpaired) electrons. The molecule has 2 fully saturated rings. The van der Waals surface area contributed by atoms with Crippen LogP contribution in [-0.2, 0) is 16.1 Å². The van der Waals surface area contributed by atoms with Gasteiger partial charge < -0.3 is 15.0 Å². The van der Waals surface area contributed by atoms with Crippen LogP contribution in [0, 0.1) is 17.4 Å². The van der Waals surface area contributed by atoms with Crippen LogP contribution in [0.5, 0.6) is 0 Å². The zero-order chi connectivity index (χ0) is 16.9. The highest BCUT2D eigenvalue weighted by Crippen LogP contribution is 2.26. The minimum absolute atomic E-state index is 0.0351. The van der Waals surface area contributed by atoms with E-state index in [0.29, 0.717) is 24.3 Å². The van der Waals surface area contributed by atoms with E-state index in [-0.39, 0.29) is 11.8 Å². The van der Waals surface area contributed by atoms with Gasteiger partial charge in [0.25, 0.3) is 0 Å². The Kier molecular flexibility index (Phi) is 5.66. The molecule has 1 amide bonds. The van der Waals surface area contributed by atoms with Crippen molar-refractivity contribution in [1.82, 2.24) is 14.8 Å². The zero-order valence-corrected chi connectivity index (χ0v) is 14.7. The monoisotopic (exact) mass is 349 g/mol. The van der Waals surface area contributed by atoms with Crippen LogP contribution in [0.1, 0.15) is 24.1 Å². The lowest BCUT2D eigenvalue weighted by Crippen LogP contribution is -2.32. The third-order valence-corrected chi connectivity index (χ3v) is 5.60. The number of aromatic nitrogens is 1. The summed E-state index contributed by atoms with van der Waals surface area (Å²) in [7, 11) is 1.74. The van der Waals surface area contributed by atoms with Crippen LogP contribution >= 0.6 is 11.3 Å². The Morgan fingerprint density at radius 1 is 1.54 bits per heavy atom. The minimum atomic E-state index is -0.123. The molecule has 1 aromatic rings. The van der Waals surface area contributed by atoms with E-state index in [9.17, 15) is 4.79 Å². The number of likely N-dealkylation sites (tertiary alicyclic amines) is 2. The van der Waals surface area contributed by atoms with Gasteiger partial charge >= 0.3 is 0 Å². The second kappa shape index (κ2) is 7.92. The van der Waals surface area contributed by atoms with Gasteiger partial charge in [-0.25, -0.2) is 4.98 Å². The Morgan fingerprint density at radius 2 is 2.42 bits per heavy atom. The Hall–Kier alpha value is -1.69. The van der Waals surface area contributed by atoms with E-state index in [1.807, 2.05) is 6.20 Å². The molecule has 2 atom stereocenters. The van der Waals surface area contributed by atoms with Gasteiger partial charge in [-0.2, -0.15) is 5.26 Å². The van der Waals surface area contributed by atoms with E-state index < -0.39 is 0 Å². The number of carbonyl (C=O) groups excluding carboxylic acids is 1. The molecule has 130 valence electrons. The van der Waals surface area contributed by atoms with Crippen LogP contribution in [0.3, 0.4) is 0 Å². The molecule has 2 aliphatic rings. The highest BCUT2D eigenvalue weighted by molar-refractivity contribution is 7.15. The highest BCUT2D eigenvalue weighted by atomic mass is 32.1. The summed E-state index contributed by atoms with van der Waals surface area (Å²) < 4.78 is 5.29. The standard InChI is InChI=1S/C16H23N5O2S/c1-23-10-13-3-2-5-21(13)9-14-7-18-16(24-14)19-15(22)12-4-6-20(8-12)11-17/h7,12-13H,2-6,8-10H2,1H3,(H,18,19,22)/t12-,13+/m0/s1. The van der Waals surface area contributed by atoms with Crippen molar-refractivity contribution in [3.05, 3.63) is 11.1 Å². The zero-order valence-electron chi connectivity index (χ0n) is 13.9. The van der Waals surface area contributed by atoms with E-state index in [1.165, 1.54) is 24.2 Å². The first-order valence-electron chi connectivity index (χ1n) is 8.33. The van der Waals surface area contributed by atoms with Crippen LogP contribution < -0.4 is 5.32 Å². The summed E-state index contributed by atoms with van der Waals surface area (Å²) in [6, 6.07) is 0.477. The molecule has 8 heteroatoms. The van der Waals surface area contributed by atoms with Crippen molar-refractivity contribution in [2.24, 2.45) is 5.92 Å². The SMILES string of the molecule is COC[C@H]1CCCN1Cc1cnc(NC(=O)[C@H]2CCN(C#N)C2)s1. The maximum Gasteiger partial charge on any atom is 0.231 e. The average molecular weight is 349 g/mol. The molecule has 7 nitrogen and oxygen atoms in total. The van der Waals surface area contributed by atoms with E-state index in [2.05, 4.69) is 21.4 Å². The van der Waals surface area contributed by atoms with Gasteiger partial charge in [0.1, 0.15) is 0 Å². The molecule has 0 aliphatic carbocycles. The summed E-state index contributed by atoms with van der Waals surface area (Å²) in [4.78, 5) is 21.8. The minimum Gasteiger partial charge on any atom is -0.383 e. The lowest BCUT2D eigenvalue weighted by Gasteiger charge is -2.22. The van der Waals surface area contributed by atoms with Crippen molar-refractivity contribution in [2.45, 2.75) is 31.8 Å². The molecular formula is C16H23N5O2S. The predicted octanol–water partition coefficient (Wildman–Crippen LogP) is 1.50. The third-order valence-electron chi connectivity index (χ3n) is 4.70. The molecule has 0 spiro atoms. The number of hydrogen-bond donors (Lipinski definition) is 1. The van der Waals surface area contributed by atoms with Gasteiger partial charge in [-0.3, -0.25) is 9.69 Å². The van der Waals surface area contributed by atoms with Gasteiger partial charge in [-0.05, 0) is 25.8 Å². The van der Waals surface area contributed by atoms with Gasteiger partial charge in [0.2, 0.25) is 5.91 Å². The fraction of sp³-hybridized carbons (Fsp3) is 0.688. The number of anilines is 1. The fourth-order valence-corrected chi connectivity index (χ4v) is 4.24. The number of thiazole rings is 1. The summed E-state index contributed by atoms with van der Waals surface area (Å²) in [5, 5.41) is 12.4. The second-order valence-electron chi connectivity index (χ2n) is 6.37. The van der Waals surface area contributed by atoms with Crippen LogP contribution in [0.15, 0.2) is 6.20 Å². The molecule has 3 heterocycles. The number of nitriles is 1. The molecule has 0 aromatic carbocycles. The van der Waals surface area contributed by atoms with Gasteiger partial charge in [0.05, 0.1) is 12.5 Å². The fourth-order valence-electron chi connectivity index (χ4n) is 3.40. The quantitative estimate of drug-likeness (QED) is 0.784. The molecule has 0 bridgehead atoms. The number of methoxy groups -OCH3 is 1. The number of nitrogens with one attached hydrogen (secondary N) is 1. The van der Waals surface area contributed by atoms with Crippen molar-refractivity contribution in [3.63, 3.8) is 0 Å². The molecule has 1 N–H and O–H groups in total. The third kappa shape index (κ3) is 4.04. The molecule has 2 saturated heterocycles. The molecule has 24 heavy (non-hydrogen) atoms. The Morgan fingerprint density at radius 3 is 3.17 bits per heavy atom. The topological polar surface area (TPSA) is 81.5 Å². The van der Waals surface area contributed by atoms with Crippen LogP contribution in [-0.4, -0.2) is 60.1 Å². The van der Waals surface area contributed by atoms with Crippen molar-refractivity contribution in [1.29, 1.82) is 5.26 Å². The van der Waals surface area contributed by atoms with Crippen molar-refractivity contribution in [3.8, 4) is 6.19 Å². The van der Waals surface area contributed by atoms with Gasteiger partial charge in [-0.1, -0.05) is 0 Å². The number of ether oxygens (including phenoxy) is 1. The molecular weight excluding hydrogens is 326 g/mol. The lowest BCUT2D eigenvalue weighted by molar-refractivity contribution is -0.119. The smallest absolute Gasteiger partial charge is 0.231 e. The van der Waals surface area contributed by atoms with Crippen molar-refractivity contribution in [2.75, 3.05) is 38.7 Å². The predicted molar refractivity (Wildman–Crippen MR) is 91.3 cm³/mol. The van der Waals surface area contributed by atoms with E-state index in [1.54, 1.807) is 12.0 Å². The van der Waals surface area contributed by atoms with Crippen LogP contribution in [0.4, 0.5) is 5.13 Å². The van der Waals surface area contributed by atoms with Crippen LogP contribution in [0.2, 0.25) is 0 Å². The molecule has 1 aromatic heterocycles. The Labute approximate surface area is 146 Å². The summed E-state index contributed by atoms with van der Waals surface area (Å²) in [6.45, 7) is 3.87. The second-order valence-corrected chi connectivity index (χ2v) is 7.49. The number of nitrogens with zero attached hydrogens (tertiary/aromatic N) is 4. The first kappa shape index (κ1) is 17.1. The van der Waals surface area contributed by atoms with E-state index in [0.717, 1.165) is 31.0 Å². The number of amides is 1. The number of hydrogen-bond acceptors (Lipinski definition) is 7. The number of rotatable bonds is 6. The number of carbonyl (C=O) groups is 1. The molecule has 2 aliphatic heterocycles. The molecule has 3 rings (SSSR count). The van der Waals surface area contributed by atoms with Gasteiger partial charge in [0.15, 0.2) is 11.3 Å². The van der Waals surface area contributed by atoms with Crippen molar-refractivity contribution < 1.29 is 9.53 Å². The lowest BCUT2D eigenvalue weighted by atomic mass is 10.1. The Balaban J connectivity index is 1.52. The van der Waals surface area contributed by atoms with E-state index >= 15 is 0 Å². The van der Waals surface area contributed by atoms with Crippen molar-refractivity contribution >= 4 is 22.4 Å². The highest BCUT2D eigenvalue weighted by Gasteiger charge is 2.28. The summed E-state index contributed by atoms with van der Waals surface area (Å²) >= 11 is 1.53. The first-order valence-corrected chi connectivity index (χ1v) is 9.14. The van der Waals surface area contributed by atoms with Gasteiger partial charge in [0, 0.05) is 43.9 Å². The van der Waals surface area contributed by atoms with E-state index in [4.69, 9.17) is 10.00 Å². The van der Waals surface area contributed by atoms with Gasteiger partial charge in [-0.15, -0.1) is 11.3 Å². The maximum atomic E-state index is 12.3. The van der Waals surface area contributed by atoms with Crippen LogP contribution in [0.25, 0.3) is 0 Å². The summed E-state index contributed by atoms with van der Waals surface area (Å²) in [5.41, 5.74) is 0. The molecule has 0 saturated carbocycles. The average Bonchev–Trinajstić information content (AvgIpc) is 3.30. The Bertz CT molecular complexity index is 614. The summed E-state index contributed by atoms with van der Waals surface area (Å²) in [6.07, 6.45) is 7.04. The summed E-state index contributed by atoms with van der Waals surface area (Å²) in [5.74, 6) is -0.159.